The SMILES string of the molecule is [2H]C(C)(C)c1ccnc(-c2[c-]ccc3c2oc2c(F)cccc23)c1.[CH3][Ge]([CH3])([CH3])[c]1ccc(-c2[c-]cccc2)nc1.[Ir]. The molecule has 1 radical (unpaired) electrons. The number of hydrogen-bond acceptors (Lipinski definition) is 3. The van der Waals surface area contributed by atoms with E-state index in [1.165, 1.54) is 10.5 Å². The summed E-state index contributed by atoms with van der Waals surface area (Å²) in [4.78, 5) is 8.93. The molecule has 6 heteroatoms. The second-order valence-electron chi connectivity index (χ2n) is 10.7. The number of hydrogen-bond donors (Lipinski definition) is 0. The second-order valence-corrected chi connectivity index (χ2v) is 21.4. The van der Waals surface area contributed by atoms with E-state index in [9.17, 15) is 4.39 Å². The van der Waals surface area contributed by atoms with Gasteiger partial charge in [-0.3, -0.25) is 0 Å². The van der Waals surface area contributed by atoms with Gasteiger partial charge in [0.25, 0.3) is 0 Å². The predicted molar refractivity (Wildman–Crippen MR) is 161 cm³/mol. The van der Waals surface area contributed by atoms with Crippen molar-refractivity contribution in [1.29, 1.82) is 0 Å². The fraction of sp³-hybridized carbons (Fsp3) is 0.176. The van der Waals surface area contributed by atoms with Gasteiger partial charge in [-0.15, -0.1) is 18.2 Å². The molecule has 0 unspecified atom stereocenters. The van der Waals surface area contributed by atoms with Crippen LogP contribution in [0.3, 0.4) is 0 Å². The number of fused-ring (bicyclic) bond motifs is 3. The predicted octanol–water partition coefficient (Wildman–Crippen LogP) is 8.80. The Bertz CT molecular complexity index is 1780. The number of nitrogens with zero attached hydrogens (tertiary/aromatic N) is 2. The van der Waals surface area contributed by atoms with E-state index in [0.29, 0.717) is 16.8 Å². The molecular formula is C34H31FGeIrN2O-2. The molecular weight excluding hydrogens is 736 g/mol. The average Bonchev–Trinajstić information content (AvgIpc) is 3.34. The molecule has 0 aliphatic rings. The molecule has 6 aromatic rings. The minimum absolute atomic E-state index is 0. The van der Waals surface area contributed by atoms with Crippen molar-refractivity contribution >= 4 is 39.6 Å². The number of benzene rings is 3. The van der Waals surface area contributed by atoms with E-state index in [1.807, 2.05) is 68.6 Å². The Morgan fingerprint density at radius 3 is 2.33 bits per heavy atom. The van der Waals surface area contributed by atoms with Gasteiger partial charge in [-0.05, 0) is 23.7 Å². The fourth-order valence-electron chi connectivity index (χ4n) is 4.35. The molecule has 3 heterocycles. The smallest absolute Gasteiger partial charge is 0 e. The monoisotopic (exact) mass is 770 g/mol. The zero-order valence-corrected chi connectivity index (χ0v) is 27.7. The molecule has 0 aliphatic carbocycles. The zero-order valence-electron chi connectivity index (χ0n) is 24.2. The molecule has 0 saturated carbocycles. The Kier molecular flexibility index (Phi) is 8.94. The summed E-state index contributed by atoms with van der Waals surface area (Å²) in [6.07, 6.45) is 3.72. The maximum atomic E-state index is 14.0. The van der Waals surface area contributed by atoms with Crippen molar-refractivity contribution < 1.29 is 30.3 Å². The van der Waals surface area contributed by atoms with Gasteiger partial charge in [0.05, 0.1) is 5.58 Å². The third kappa shape index (κ3) is 6.44. The van der Waals surface area contributed by atoms with Crippen LogP contribution in [0, 0.1) is 17.9 Å². The summed E-state index contributed by atoms with van der Waals surface area (Å²) in [7, 11) is 0. The quantitative estimate of drug-likeness (QED) is 0.133. The van der Waals surface area contributed by atoms with Crippen molar-refractivity contribution in [3.8, 4) is 22.5 Å². The summed E-state index contributed by atoms with van der Waals surface area (Å²) >= 11 is -1.72. The van der Waals surface area contributed by atoms with Crippen LogP contribution in [-0.4, -0.2) is 23.2 Å². The molecule has 205 valence electrons. The van der Waals surface area contributed by atoms with Gasteiger partial charge in [-0.2, -0.15) is 0 Å². The zero-order chi connectivity index (χ0) is 28.5. The van der Waals surface area contributed by atoms with Crippen LogP contribution in [0.15, 0.2) is 95.7 Å². The third-order valence-electron chi connectivity index (χ3n) is 6.62. The Balaban J connectivity index is 0.000000200. The van der Waals surface area contributed by atoms with Crippen LogP contribution in [0.5, 0.6) is 0 Å². The summed E-state index contributed by atoms with van der Waals surface area (Å²) in [5.74, 6) is 6.02. The number of aromatic nitrogens is 2. The molecule has 0 aliphatic heterocycles. The molecule has 0 saturated heterocycles. The summed E-state index contributed by atoms with van der Waals surface area (Å²) in [5, 5.41) is 1.56. The van der Waals surface area contributed by atoms with E-state index in [0.717, 1.165) is 27.6 Å². The number of pyridine rings is 2. The average molecular weight is 768 g/mol. The van der Waals surface area contributed by atoms with E-state index in [4.69, 9.17) is 5.79 Å². The second kappa shape index (κ2) is 12.6. The van der Waals surface area contributed by atoms with Crippen molar-refractivity contribution in [1.82, 2.24) is 9.97 Å². The molecule has 6 rings (SSSR count). The number of para-hydroxylation sites is 1. The maximum Gasteiger partial charge on any atom is 0 e. The molecule has 0 N–H and O–H groups in total. The van der Waals surface area contributed by atoms with Crippen LogP contribution in [0.4, 0.5) is 4.39 Å². The van der Waals surface area contributed by atoms with E-state index < -0.39 is 19.2 Å². The third-order valence-corrected chi connectivity index (χ3v) is 10.9. The number of furan rings is 1. The Morgan fingerprint density at radius 2 is 1.65 bits per heavy atom. The van der Waals surface area contributed by atoms with Crippen LogP contribution >= 0.6 is 0 Å². The van der Waals surface area contributed by atoms with Crippen LogP contribution in [0.25, 0.3) is 44.5 Å². The molecule has 3 nitrogen and oxygen atoms in total. The van der Waals surface area contributed by atoms with Gasteiger partial charge in [-0.25, -0.2) is 4.39 Å². The topological polar surface area (TPSA) is 38.9 Å². The fourth-order valence-corrected chi connectivity index (χ4v) is 6.52. The van der Waals surface area contributed by atoms with Gasteiger partial charge in [0.2, 0.25) is 0 Å². The molecule has 0 atom stereocenters. The Hall–Kier alpha value is -3.12. The van der Waals surface area contributed by atoms with Gasteiger partial charge in [0.15, 0.2) is 11.4 Å². The maximum absolute atomic E-state index is 14.0. The van der Waals surface area contributed by atoms with Crippen LogP contribution in [-0.2, 0) is 20.1 Å². The van der Waals surface area contributed by atoms with Gasteiger partial charge < -0.3 is 9.40 Å². The van der Waals surface area contributed by atoms with E-state index in [2.05, 4.69) is 51.5 Å². The van der Waals surface area contributed by atoms with Crippen molar-refractivity contribution in [2.24, 2.45) is 0 Å². The molecule has 40 heavy (non-hydrogen) atoms. The van der Waals surface area contributed by atoms with Crippen LogP contribution in [0.1, 0.15) is 26.7 Å². The van der Waals surface area contributed by atoms with Gasteiger partial charge in [0, 0.05) is 33.1 Å². The normalized spacial score (nSPS) is 11.9. The first-order chi connectivity index (χ1) is 19.0. The van der Waals surface area contributed by atoms with Crippen molar-refractivity contribution in [3.63, 3.8) is 0 Å². The van der Waals surface area contributed by atoms with Crippen molar-refractivity contribution in [2.75, 3.05) is 0 Å². The van der Waals surface area contributed by atoms with Crippen LogP contribution in [0.2, 0.25) is 17.3 Å². The summed E-state index contributed by atoms with van der Waals surface area (Å²) in [6.45, 7) is 3.65. The van der Waals surface area contributed by atoms with Crippen molar-refractivity contribution in [3.05, 3.63) is 115 Å². The molecule has 0 fully saturated rings. The Labute approximate surface area is 253 Å². The first-order valence-electron chi connectivity index (χ1n) is 13.4. The first kappa shape index (κ1) is 28.4. The number of rotatable bonds is 4. The van der Waals surface area contributed by atoms with Crippen LogP contribution < -0.4 is 4.40 Å². The number of halogens is 1. The van der Waals surface area contributed by atoms with Gasteiger partial charge in [0.1, 0.15) is 0 Å². The van der Waals surface area contributed by atoms with Gasteiger partial charge >= 0.3 is 99.8 Å². The molecule has 0 amide bonds. The summed E-state index contributed by atoms with van der Waals surface area (Å²) < 4.78 is 29.5. The van der Waals surface area contributed by atoms with E-state index in [1.54, 1.807) is 18.3 Å². The molecule has 0 bridgehead atoms. The minimum Gasteiger partial charge on any atom is 0 e. The Morgan fingerprint density at radius 1 is 0.850 bits per heavy atom. The molecule has 3 aromatic heterocycles. The summed E-state index contributed by atoms with van der Waals surface area (Å²) in [6, 6.07) is 30.9. The molecule has 3 aromatic carbocycles. The van der Waals surface area contributed by atoms with Gasteiger partial charge in [-0.1, -0.05) is 48.6 Å². The van der Waals surface area contributed by atoms with Crippen molar-refractivity contribution in [2.45, 2.75) is 37.0 Å². The largest absolute Gasteiger partial charge is 0 e. The molecule has 0 spiro atoms. The van der Waals surface area contributed by atoms with E-state index in [-0.39, 0.29) is 31.5 Å². The minimum atomic E-state index is -1.72. The first-order valence-corrected chi connectivity index (χ1v) is 20.3. The van der Waals surface area contributed by atoms with E-state index >= 15 is 0 Å². The standard InChI is InChI=1S/C20H15FNO.C14H16GeN.Ir/c1-12(2)13-9-10-22-18(11-13)16-7-3-5-14-15-6-4-8-17(21)20(15)23-19(14)16;1-15(2,3)13-9-10-14(16-11-13)12-7-5-4-6-8-12;/h3-6,8-12H,1-2H3;4-7,9-11H,1-3H3;/q2*-1;/i12D;;. The summed E-state index contributed by atoms with van der Waals surface area (Å²) in [5.41, 5.74) is 5.06.